The molecule has 1 aromatic carbocycles. The number of hydrogen-bond acceptors (Lipinski definition) is 4. The predicted molar refractivity (Wildman–Crippen MR) is 103 cm³/mol. The number of nitrogens with zero attached hydrogens (tertiary/aromatic N) is 3. The standard InChI is InChI=1S/C20H22N4O2/c1-15-9-10-18-22-13-17(20(26)24(18)14-15)19(25)21-11-6-12-23(2)16-7-4-3-5-8-16/h3-5,7-10,13-14H,6,11-12H2,1-2H3,(H,21,25). The van der Waals surface area contributed by atoms with Crippen LogP contribution in [0.2, 0.25) is 0 Å². The summed E-state index contributed by atoms with van der Waals surface area (Å²) in [5, 5.41) is 2.81. The Labute approximate surface area is 152 Å². The molecule has 6 heteroatoms. The number of amides is 1. The summed E-state index contributed by atoms with van der Waals surface area (Å²) in [5.41, 5.74) is 2.30. The number of benzene rings is 1. The lowest BCUT2D eigenvalue weighted by Gasteiger charge is -2.19. The van der Waals surface area contributed by atoms with Gasteiger partial charge in [0.05, 0.1) is 0 Å². The number of anilines is 1. The molecule has 0 atom stereocenters. The molecule has 3 rings (SSSR count). The molecule has 0 fully saturated rings. The van der Waals surface area contributed by atoms with Crippen LogP contribution in [-0.2, 0) is 0 Å². The number of aromatic nitrogens is 2. The van der Waals surface area contributed by atoms with E-state index in [1.54, 1.807) is 12.3 Å². The number of hydrogen-bond donors (Lipinski definition) is 1. The SMILES string of the molecule is Cc1ccc2ncc(C(=O)NCCCN(C)c3ccccc3)c(=O)n2c1. The molecule has 0 bridgehead atoms. The summed E-state index contributed by atoms with van der Waals surface area (Å²) in [6, 6.07) is 13.7. The van der Waals surface area contributed by atoms with Crippen molar-refractivity contribution in [2.24, 2.45) is 0 Å². The third kappa shape index (κ3) is 3.91. The van der Waals surface area contributed by atoms with Gasteiger partial charge in [-0.05, 0) is 37.1 Å². The minimum atomic E-state index is -0.388. The fourth-order valence-electron chi connectivity index (χ4n) is 2.76. The normalized spacial score (nSPS) is 10.7. The van der Waals surface area contributed by atoms with E-state index < -0.39 is 0 Å². The van der Waals surface area contributed by atoms with E-state index in [0.29, 0.717) is 12.2 Å². The van der Waals surface area contributed by atoms with Crippen LogP contribution in [0.1, 0.15) is 22.3 Å². The molecule has 2 heterocycles. The van der Waals surface area contributed by atoms with Gasteiger partial charge in [0, 0.05) is 38.2 Å². The predicted octanol–water partition coefficient (Wildman–Crippen LogP) is 2.26. The first-order valence-electron chi connectivity index (χ1n) is 8.58. The lowest BCUT2D eigenvalue weighted by atomic mass is 10.2. The molecule has 26 heavy (non-hydrogen) atoms. The molecular weight excluding hydrogens is 328 g/mol. The maximum atomic E-state index is 12.5. The number of aryl methyl sites for hydroxylation is 1. The number of para-hydroxylation sites is 1. The van der Waals surface area contributed by atoms with Crippen molar-refractivity contribution in [3.8, 4) is 0 Å². The highest BCUT2D eigenvalue weighted by atomic mass is 16.2. The Bertz CT molecular complexity index is 966. The zero-order valence-corrected chi connectivity index (χ0v) is 15.0. The van der Waals surface area contributed by atoms with Gasteiger partial charge in [-0.15, -0.1) is 0 Å². The number of carbonyl (C=O) groups is 1. The van der Waals surface area contributed by atoms with Crippen LogP contribution in [0.4, 0.5) is 5.69 Å². The minimum absolute atomic E-state index is 0.0597. The molecule has 0 radical (unpaired) electrons. The molecule has 0 unspecified atom stereocenters. The second kappa shape index (κ2) is 7.82. The van der Waals surface area contributed by atoms with Crippen LogP contribution >= 0.6 is 0 Å². The van der Waals surface area contributed by atoms with Crippen LogP contribution in [-0.4, -0.2) is 35.4 Å². The van der Waals surface area contributed by atoms with E-state index in [1.165, 1.54) is 10.6 Å². The van der Waals surface area contributed by atoms with Gasteiger partial charge in [-0.25, -0.2) is 4.98 Å². The number of nitrogens with one attached hydrogen (secondary N) is 1. The number of pyridine rings is 1. The Kier molecular flexibility index (Phi) is 5.31. The van der Waals surface area contributed by atoms with Gasteiger partial charge < -0.3 is 10.2 Å². The molecule has 0 aliphatic rings. The van der Waals surface area contributed by atoms with Gasteiger partial charge in [0.2, 0.25) is 0 Å². The van der Waals surface area contributed by atoms with Crippen molar-refractivity contribution in [3.05, 3.63) is 76.3 Å². The second-order valence-electron chi connectivity index (χ2n) is 6.28. The van der Waals surface area contributed by atoms with Crippen LogP contribution in [0.25, 0.3) is 5.65 Å². The first-order valence-corrected chi connectivity index (χ1v) is 8.58. The molecule has 3 aromatic rings. The summed E-state index contributed by atoms with van der Waals surface area (Å²) in [6.07, 6.45) is 3.81. The lowest BCUT2D eigenvalue weighted by Crippen LogP contribution is -2.33. The summed E-state index contributed by atoms with van der Waals surface area (Å²) in [7, 11) is 2.01. The maximum absolute atomic E-state index is 12.5. The van der Waals surface area contributed by atoms with Crippen LogP contribution < -0.4 is 15.8 Å². The zero-order chi connectivity index (χ0) is 18.5. The average molecular weight is 350 g/mol. The Morgan fingerprint density at radius 2 is 1.96 bits per heavy atom. The number of carbonyl (C=O) groups excluding carboxylic acids is 1. The van der Waals surface area contributed by atoms with E-state index >= 15 is 0 Å². The van der Waals surface area contributed by atoms with E-state index in [1.807, 2.05) is 50.4 Å². The van der Waals surface area contributed by atoms with Gasteiger partial charge in [-0.1, -0.05) is 24.3 Å². The van der Waals surface area contributed by atoms with Crippen LogP contribution in [0, 0.1) is 6.92 Å². The molecule has 134 valence electrons. The monoisotopic (exact) mass is 350 g/mol. The summed E-state index contributed by atoms with van der Waals surface area (Å²) >= 11 is 0. The summed E-state index contributed by atoms with van der Waals surface area (Å²) in [4.78, 5) is 31.2. The van der Waals surface area contributed by atoms with Crippen molar-refractivity contribution in [1.29, 1.82) is 0 Å². The van der Waals surface area contributed by atoms with Crippen molar-refractivity contribution in [3.63, 3.8) is 0 Å². The first-order chi connectivity index (χ1) is 12.6. The molecular formula is C20H22N4O2. The van der Waals surface area contributed by atoms with Gasteiger partial charge in [0.1, 0.15) is 11.2 Å². The van der Waals surface area contributed by atoms with Gasteiger partial charge in [0.25, 0.3) is 11.5 Å². The van der Waals surface area contributed by atoms with Crippen molar-refractivity contribution < 1.29 is 4.79 Å². The topological polar surface area (TPSA) is 66.7 Å². The molecule has 2 aromatic heterocycles. The summed E-state index contributed by atoms with van der Waals surface area (Å²) in [6.45, 7) is 3.19. The molecule has 1 N–H and O–H groups in total. The summed E-state index contributed by atoms with van der Waals surface area (Å²) in [5.74, 6) is -0.388. The van der Waals surface area contributed by atoms with Gasteiger partial charge in [0.15, 0.2) is 0 Å². The van der Waals surface area contributed by atoms with Crippen molar-refractivity contribution in [2.45, 2.75) is 13.3 Å². The van der Waals surface area contributed by atoms with Crippen LogP contribution in [0.3, 0.4) is 0 Å². The lowest BCUT2D eigenvalue weighted by molar-refractivity contribution is 0.0951. The molecule has 0 saturated carbocycles. The van der Waals surface area contributed by atoms with Crippen molar-refractivity contribution >= 4 is 17.2 Å². The third-order valence-electron chi connectivity index (χ3n) is 4.25. The number of rotatable bonds is 6. The molecule has 0 aliphatic carbocycles. The summed E-state index contributed by atoms with van der Waals surface area (Å²) < 4.78 is 1.41. The zero-order valence-electron chi connectivity index (χ0n) is 15.0. The van der Waals surface area contributed by atoms with Crippen molar-refractivity contribution in [1.82, 2.24) is 14.7 Å². The Balaban J connectivity index is 1.59. The van der Waals surface area contributed by atoms with E-state index in [4.69, 9.17) is 0 Å². The van der Waals surface area contributed by atoms with Crippen LogP contribution in [0.15, 0.2) is 59.7 Å². The van der Waals surface area contributed by atoms with E-state index in [9.17, 15) is 9.59 Å². The van der Waals surface area contributed by atoms with Crippen molar-refractivity contribution in [2.75, 3.05) is 25.0 Å². The van der Waals surface area contributed by atoms with E-state index in [-0.39, 0.29) is 17.0 Å². The third-order valence-corrected chi connectivity index (χ3v) is 4.25. The number of fused-ring (bicyclic) bond motifs is 1. The Morgan fingerprint density at radius 3 is 2.73 bits per heavy atom. The highest BCUT2D eigenvalue weighted by molar-refractivity contribution is 5.93. The largest absolute Gasteiger partial charge is 0.375 e. The highest BCUT2D eigenvalue weighted by Gasteiger charge is 2.13. The smallest absolute Gasteiger partial charge is 0.270 e. The second-order valence-corrected chi connectivity index (χ2v) is 6.28. The van der Waals surface area contributed by atoms with E-state index in [0.717, 1.165) is 24.2 Å². The van der Waals surface area contributed by atoms with Crippen LogP contribution in [0.5, 0.6) is 0 Å². The van der Waals surface area contributed by atoms with Gasteiger partial charge in [-0.3, -0.25) is 14.0 Å². The van der Waals surface area contributed by atoms with E-state index in [2.05, 4.69) is 15.2 Å². The molecule has 6 nitrogen and oxygen atoms in total. The molecule has 1 amide bonds. The van der Waals surface area contributed by atoms with Gasteiger partial charge >= 0.3 is 0 Å². The Morgan fingerprint density at radius 1 is 1.19 bits per heavy atom. The Hall–Kier alpha value is -3.15. The molecule has 0 aliphatic heterocycles. The average Bonchev–Trinajstić information content (AvgIpc) is 2.66. The molecule has 0 saturated heterocycles. The quantitative estimate of drug-likeness (QED) is 0.693. The fraction of sp³-hybridized carbons (Fsp3) is 0.250. The first kappa shape index (κ1) is 17.7. The minimum Gasteiger partial charge on any atom is -0.375 e. The fourth-order valence-corrected chi connectivity index (χ4v) is 2.76. The molecule has 0 spiro atoms. The van der Waals surface area contributed by atoms with Gasteiger partial charge in [-0.2, -0.15) is 0 Å². The maximum Gasteiger partial charge on any atom is 0.270 e. The highest BCUT2D eigenvalue weighted by Crippen LogP contribution is 2.10.